The molecule has 0 radical (unpaired) electrons. The highest BCUT2D eigenvalue weighted by molar-refractivity contribution is 5.85. The number of piperidine rings is 1. The number of hydrogen-bond donors (Lipinski definition) is 1. The largest absolute Gasteiger partial charge is 0.316 e. The summed E-state index contributed by atoms with van der Waals surface area (Å²) in [5.74, 6) is 1.59. The summed E-state index contributed by atoms with van der Waals surface area (Å²) in [7, 11) is 0. The van der Waals surface area contributed by atoms with E-state index >= 15 is 0 Å². The summed E-state index contributed by atoms with van der Waals surface area (Å²) < 4.78 is 0. The van der Waals surface area contributed by atoms with Crippen molar-refractivity contribution in [2.45, 2.75) is 13.3 Å². The van der Waals surface area contributed by atoms with Gasteiger partial charge in [0.2, 0.25) is 0 Å². The Morgan fingerprint density at radius 1 is 1.50 bits per heavy atom. The Morgan fingerprint density at radius 3 is 3.20 bits per heavy atom. The predicted molar refractivity (Wildman–Crippen MR) is 42.4 cm³/mol. The molecule has 2 aliphatic rings. The van der Waals surface area contributed by atoms with Gasteiger partial charge in [0.1, 0.15) is 0 Å². The summed E-state index contributed by atoms with van der Waals surface area (Å²) in [5.41, 5.74) is 1.36. The summed E-state index contributed by atoms with van der Waals surface area (Å²) in [6.07, 6.45) is 1.38. The number of hydrogen-bond acceptors (Lipinski definition) is 2. The molecule has 2 aliphatic heterocycles. The Bertz CT molecular complexity index is 163. The average Bonchev–Trinajstić information content (AvgIpc) is 1.99. The lowest BCUT2D eigenvalue weighted by Crippen LogP contribution is -2.43. The van der Waals surface area contributed by atoms with Gasteiger partial charge < -0.3 is 5.32 Å². The molecule has 0 aliphatic carbocycles. The Balaban J connectivity index is 2.15. The van der Waals surface area contributed by atoms with E-state index in [1.54, 1.807) is 0 Å². The van der Waals surface area contributed by atoms with Crippen LogP contribution in [0, 0.1) is 11.8 Å². The van der Waals surface area contributed by atoms with Crippen molar-refractivity contribution in [1.29, 1.82) is 0 Å². The lowest BCUT2D eigenvalue weighted by molar-refractivity contribution is 0.327. The molecule has 0 aromatic heterocycles. The van der Waals surface area contributed by atoms with E-state index in [1.807, 2.05) is 0 Å². The second-order valence-corrected chi connectivity index (χ2v) is 3.44. The first-order chi connectivity index (χ1) is 4.86. The molecular weight excluding hydrogens is 124 g/mol. The van der Waals surface area contributed by atoms with E-state index in [4.69, 9.17) is 0 Å². The third-order valence-electron chi connectivity index (χ3n) is 2.63. The van der Waals surface area contributed by atoms with E-state index in [0.717, 1.165) is 24.9 Å². The van der Waals surface area contributed by atoms with E-state index in [-0.39, 0.29) is 0 Å². The average molecular weight is 138 g/mol. The van der Waals surface area contributed by atoms with Gasteiger partial charge in [-0.15, -0.1) is 0 Å². The molecule has 0 saturated carbocycles. The Kier molecular flexibility index (Phi) is 1.49. The molecular formula is C8H14N2. The van der Waals surface area contributed by atoms with E-state index in [1.165, 1.54) is 18.7 Å². The molecule has 2 heterocycles. The molecule has 2 unspecified atom stereocenters. The van der Waals surface area contributed by atoms with Crippen LogP contribution >= 0.6 is 0 Å². The quantitative estimate of drug-likeness (QED) is 0.523. The molecule has 1 saturated heterocycles. The maximum Gasteiger partial charge on any atom is 0.0429 e. The number of nitrogens with zero attached hydrogens (tertiary/aromatic N) is 1. The fourth-order valence-electron chi connectivity index (χ4n) is 1.89. The van der Waals surface area contributed by atoms with Crippen LogP contribution in [0.5, 0.6) is 0 Å². The second kappa shape index (κ2) is 2.35. The van der Waals surface area contributed by atoms with Crippen LogP contribution in [0.25, 0.3) is 0 Å². The van der Waals surface area contributed by atoms with Crippen molar-refractivity contribution in [2.24, 2.45) is 16.8 Å². The van der Waals surface area contributed by atoms with Crippen molar-refractivity contribution in [2.75, 3.05) is 19.6 Å². The standard InChI is InChI=1S/C8H14N2/c1-6-8-2-7(4-10-6)3-9-5-8/h7-9H,2-5H2,1H3. The van der Waals surface area contributed by atoms with Gasteiger partial charge in [0.15, 0.2) is 0 Å². The Labute approximate surface area is 61.7 Å². The lowest BCUT2D eigenvalue weighted by atomic mass is 9.85. The molecule has 1 fully saturated rings. The van der Waals surface area contributed by atoms with Crippen LogP contribution in [0.2, 0.25) is 0 Å². The number of aliphatic imine (C=N–C) groups is 1. The van der Waals surface area contributed by atoms with Crippen molar-refractivity contribution < 1.29 is 0 Å². The van der Waals surface area contributed by atoms with Crippen LogP contribution in [-0.4, -0.2) is 25.3 Å². The smallest absolute Gasteiger partial charge is 0.0429 e. The van der Waals surface area contributed by atoms with Gasteiger partial charge in [0, 0.05) is 24.7 Å². The third kappa shape index (κ3) is 0.966. The molecule has 2 atom stereocenters. The molecule has 2 rings (SSSR count). The summed E-state index contributed by atoms with van der Waals surface area (Å²) >= 11 is 0. The number of nitrogens with one attached hydrogen (secondary N) is 1. The zero-order chi connectivity index (χ0) is 6.97. The van der Waals surface area contributed by atoms with Crippen LogP contribution < -0.4 is 5.32 Å². The predicted octanol–water partition coefficient (Wildman–Crippen LogP) is 0.687. The van der Waals surface area contributed by atoms with Gasteiger partial charge in [0.05, 0.1) is 0 Å². The maximum absolute atomic E-state index is 4.49. The molecule has 2 bridgehead atoms. The molecule has 0 aromatic carbocycles. The van der Waals surface area contributed by atoms with Crippen LogP contribution in [0.15, 0.2) is 4.99 Å². The summed E-state index contributed by atoms with van der Waals surface area (Å²) in [6, 6.07) is 0. The highest BCUT2D eigenvalue weighted by atomic mass is 14.9. The van der Waals surface area contributed by atoms with E-state index in [2.05, 4.69) is 17.2 Å². The monoisotopic (exact) mass is 138 g/mol. The highest BCUT2D eigenvalue weighted by Crippen LogP contribution is 2.22. The van der Waals surface area contributed by atoms with Crippen molar-refractivity contribution in [3.05, 3.63) is 0 Å². The van der Waals surface area contributed by atoms with Gasteiger partial charge in [0.25, 0.3) is 0 Å². The molecule has 0 spiro atoms. The Morgan fingerprint density at radius 2 is 2.40 bits per heavy atom. The van der Waals surface area contributed by atoms with Gasteiger partial charge in [-0.1, -0.05) is 0 Å². The molecule has 0 amide bonds. The van der Waals surface area contributed by atoms with Crippen molar-refractivity contribution in [3.8, 4) is 0 Å². The minimum Gasteiger partial charge on any atom is -0.316 e. The fraction of sp³-hybridized carbons (Fsp3) is 0.875. The zero-order valence-corrected chi connectivity index (χ0v) is 6.43. The highest BCUT2D eigenvalue weighted by Gasteiger charge is 2.26. The first kappa shape index (κ1) is 6.35. The zero-order valence-electron chi connectivity index (χ0n) is 6.43. The normalized spacial score (nSPS) is 39.1. The van der Waals surface area contributed by atoms with Crippen LogP contribution in [0.3, 0.4) is 0 Å². The van der Waals surface area contributed by atoms with Gasteiger partial charge in [-0.05, 0) is 25.8 Å². The summed E-state index contributed by atoms with van der Waals surface area (Å²) in [4.78, 5) is 4.49. The minimum absolute atomic E-state index is 0.757. The molecule has 56 valence electrons. The van der Waals surface area contributed by atoms with Gasteiger partial charge in [-0.2, -0.15) is 0 Å². The molecule has 2 heteroatoms. The minimum atomic E-state index is 0.757. The van der Waals surface area contributed by atoms with E-state index < -0.39 is 0 Å². The van der Waals surface area contributed by atoms with Crippen LogP contribution in [0.1, 0.15) is 13.3 Å². The van der Waals surface area contributed by atoms with Crippen molar-refractivity contribution >= 4 is 5.71 Å². The van der Waals surface area contributed by atoms with E-state index in [9.17, 15) is 0 Å². The topological polar surface area (TPSA) is 24.4 Å². The van der Waals surface area contributed by atoms with Crippen molar-refractivity contribution in [3.63, 3.8) is 0 Å². The van der Waals surface area contributed by atoms with Crippen molar-refractivity contribution in [1.82, 2.24) is 5.32 Å². The SMILES string of the molecule is CC1=NCC2CNCC1C2. The van der Waals surface area contributed by atoms with Gasteiger partial charge in [-0.3, -0.25) is 4.99 Å². The molecule has 1 N–H and O–H groups in total. The van der Waals surface area contributed by atoms with Crippen LogP contribution in [-0.2, 0) is 0 Å². The first-order valence-corrected chi connectivity index (χ1v) is 4.08. The molecule has 2 nitrogen and oxygen atoms in total. The number of rotatable bonds is 0. The molecule has 0 aromatic rings. The first-order valence-electron chi connectivity index (χ1n) is 4.08. The third-order valence-corrected chi connectivity index (χ3v) is 2.63. The summed E-state index contributed by atoms with van der Waals surface area (Å²) in [6.45, 7) is 5.57. The molecule has 10 heavy (non-hydrogen) atoms. The van der Waals surface area contributed by atoms with Crippen LogP contribution in [0.4, 0.5) is 0 Å². The van der Waals surface area contributed by atoms with Gasteiger partial charge >= 0.3 is 0 Å². The second-order valence-electron chi connectivity index (χ2n) is 3.44. The fourth-order valence-corrected chi connectivity index (χ4v) is 1.89. The Hall–Kier alpha value is -0.370. The van der Waals surface area contributed by atoms with Gasteiger partial charge in [-0.25, -0.2) is 0 Å². The maximum atomic E-state index is 4.49. The lowest BCUT2D eigenvalue weighted by Gasteiger charge is -2.33. The van der Waals surface area contributed by atoms with E-state index in [0.29, 0.717) is 0 Å². The number of fused-ring (bicyclic) bond motifs is 2. The summed E-state index contributed by atoms with van der Waals surface area (Å²) in [5, 5.41) is 3.44.